The van der Waals surface area contributed by atoms with E-state index in [1.54, 1.807) is 0 Å². The van der Waals surface area contributed by atoms with Gasteiger partial charge in [0.1, 0.15) is 0 Å². The average Bonchev–Trinajstić information content (AvgIpc) is 1.78. The molecule has 0 heterocycles. The minimum absolute atomic E-state index is 0. The summed E-state index contributed by atoms with van der Waals surface area (Å²) in [6.07, 6.45) is 3.34. The van der Waals surface area contributed by atoms with Crippen LogP contribution in [-0.2, 0) is 4.74 Å². The Balaban J connectivity index is 0. The van der Waals surface area contributed by atoms with E-state index in [1.807, 2.05) is 0 Å². The number of hydrogen-bond donors (Lipinski definition) is 0. The average molecular weight is 150 g/mol. The number of rotatable bonds is 4. The molecule has 0 N–H and O–H groups in total. The summed E-state index contributed by atoms with van der Waals surface area (Å²) >= 11 is 0. The van der Waals surface area contributed by atoms with Crippen molar-refractivity contribution in [3.8, 4) is 0 Å². The van der Waals surface area contributed by atoms with E-state index in [2.05, 4.69) is 27.7 Å². The van der Waals surface area contributed by atoms with Crippen molar-refractivity contribution in [2.45, 2.75) is 45.6 Å². The smallest absolute Gasteiger partial charge is 0.376 e. The molecular formula is C9H19LiO. The standard InChI is InChI=1S/C9H19O.Li/c1-5-6-7-8-10-9(2,3)4;/h1,5-8H2,2-4H3;/q-1;+1. The summed E-state index contributed by atoms with van der Waals surface area (Å²) in [4.78, 5) is 0. The molecule has 0 rings (SSSR count). The Morgan fingerprint density at radius 2 is 1.73 bits per heavy atom. The Hall–Kier alpha value is 0.557. The van der Waals surface area contributed by atoms with Crippen LogP contribution in [0.3, 0.4) is 0 Å². The third kappa shape index (κ3) is 13.5. The molecule has 0 aliphatic carbocycles. The van der Waals surface area contributed by atoms with Crippen molar-refractivity contribution in [3.05, 3.63) is 6.92 Å². The van der Waals surface area contributed by atoms with E-state index in [9.17, 15) is 0 Å². The molecule has 0 bridgehead atoms. The molecular weight excluding hydrogens is 131 g/mol. The molecule has 0 saturated carbocycles. The quantitative estimate of drug-likeness (QED) is 0.306. The Morgan fingerprint density at radius 3 is 2.09 bits per heavy atom. The van der Waals surface area contributed by atoms with Crippen molar-refractivity contribution < 1.29 is 23.6 Å². The summed E-state index contributed by atoms with van der Waals surface area (Å²) in [6, 6.07) is 0. The van der Waals surface area contributed by atoms with E-state index in [-0.39, 0.29) is 24.5 Å². The van der Waals surface area contributed by atoms with Crippen LogP contribution < -0.4 is 18.9 Å². The van der Waals surface area contributed by atoms with Gasteiger partial charge < -0.3 is 11.7 Å². The first kappa shape index (κ1) is 14.1. The molecule has 0 aliphatic rings. The second-order valence-corrected chi connectivity index (χ2v) is 3.52. The van der Waals surface area contributed by atoms with Crippen molar-refractivity contribution >= 4 is 0 Å². The van der Waals surface area contributed by atoms with Crippen molar-refractivity contribution in [2.24, 2.45) is 0 Å². The summed E-state index contributed by atoms with van der Waals surface area (Å²) in [6.45, 7) is 10.9. The van der Waals surface area contributed by atoms with Crippen LogP contribution in [0.1, 0.15) is 40.0 Å². The predicted octanol–water partition coefficient (Wildman–Crippen LogP) is -0.190. The molecule has 0 spiro atoms. The van der Waals surface area contributed by atoms with Crippen molar-refractivity contribution in [1.29, 1.82) is 0 Å². The van der Waals surface area contributed by atoms with E-state index in [0.717, 1.165) is 19.4 Å². The first-order valence-electron chi connectivity index (χ1n) is 3.99. The van der Waals surface area contributed by atoms with Gasteiger partial charge in [0.15, 0.2) is 0 Å². The number of unbranched alkanes of at least 4 members (excludes halogenated alkanes) is 2. The fourth-order valence-electron chi connectivity index (χ4n) is 0.657. The molecule has 0 aromatic carbocycles. The predicted molar refractivity (Wildman–Crippen MR) is 44.9 cm³/mol. The molecule has 2 heteroatoms. The molecule has 0 atom stereocenters. The van der Waals surface area contributed by atoms with Gasteiger partial charge in [0.25, 0.3) is 0 Å². The molecule has 0 amide bonds. The molecule has 62 valence electrons. The van der Waals surface area contributed by atoms with E-state index in [1.165, 1.54) is 6.42 Å². The van der Waals surface area contributed by atoms with Gasteiger partial charge in [-0.25, -0.2) is 0 Å². The van der Waals surface area contributed by atoms with E-state index in [0.29, 0.717) is 0 Å². The Morgan fingerprint density at radius 1 is 1.18 bits per heavy atom. The summed E-state index contributed by atoms with van der Waals surface area (Å²) in [5.74, 6) is 0. The second-order valence-electron chi connectivity index (χ2n) is 3.52. The van der Waals surface area contributed by atoms with Gasteiger partial charge in [-0.05, 0) is 27.2 Å². The molecule has 0 unspecified atom stereocenters. The van der Waals surface area contributed by atoms with Gasteiger partial charge in [0.05, 0.1) is 5.60 Å². The zero-order valence-electron chi connectivity index (χ0n) is 8.44. The zero-order valence-corrected chi connectivity index (χ0v) is 8.44. The van der Waals surface area contributed by atoms with Crippen LogP contribution in [0.25, 0.3) is 0 Å². The normalized spacial score (nSPS) is 10.9. The summed E-state index contributed by atoms with van der Waals surface area (Å²) in [7, 11) is 0. The summed E-state index contributed by atoms with van der Waals surface area (Å²) < 4.78 is 5.50. The van der Waals surface area contributed by atoms with Crippen LogP contribution in [0.2, 0.25) is 0 Å². The Bertz CT molecular complexity index is 76.1. The molecule has 0 radical (unpaired) electrons. The second kappa shape index (κ2) is 7.22. The zero-order chi connectivity index (χ0) is 8.04. The van der Waals surface area contributed by atoms with Crippen LogP contribution in [-0.4, -0.2) is 12.2 Å². The summed E-state index contributed by atoms with van der Waals surface area (Å²) in [5, 5.41) is 0. The SMILES string of the molecule is [CH2-]CCCCOC(C)(C)C.[Li+]. The van der Waals surface area contributed by atoms with Gasteiger partial charge in [-0.15, -0.1) is 0 Å². The molecule has 1 nitrogen and oxygen atoms in total. The minimum atomic E-state index is 0. The van der Waals surface area contributed by atoms with E-state index in [4.69, 9.17) is 4.74 Å². The Kier molecular flexibility index (Phi) is 9.26. The number of hydrogen-bond acceptors (Lipinski definition) is 1. The van der Waals surface area contributed by atoms with Crippen LogP contribution in [0.4, 0.5) is 0 Å². The van der Waals surface area contributed by atoms with Gasteiger partial charge in [-0.1, -0.05) is 6.42 Å². The third-order valence-corrected chi connectivity index (χ3v) is 1.18. The fraction of sp³-hybridized carbons (Fsp3) is 0.889. The van der Waals surface area contributed by atoms with Gasteiger partial charge in [-0.3, -0.25) is 0 Å². The topological polar surface area (TPSA) is 9.23 Å². The Labute approximate surface area is 83.1 Å². The van der Waals surface area contributed by atoms with Crippen LogP contribution >= 0.6 is 0 Å². The first-order chi connectivity index (χ1) is 4.56. The molecule has 11 heavy (non-hydrogen) atoms. The molecule has 0 fully saturated rings. The van der Waals surface area contributed by atoms with Crippen molar-refractivity contribution in [3.63, 3.8) is 0 Å². The molecule has 0 aromatic heterocycles. The van der Waals surface area contributed by atoms with Gasteiger partial charge in [-0.2, -0.15) is 6.42 Å². The minimum Gasteiger partial charge on any atom is -0.376 e. The molecule has 0 saturated heterocycles. The first-order valence-corrected chi connectivity index (χ1v) is 3.99. The van der Waals surface area contributed by atoms with Crippen molar-refractivity contribution in [1.82, 2.24) is 0 Å². The van der Waals surface area contributed by atoms with Crippen LogP contribution in [0, 0.1) is 6.92 Å². The van der Waals surface area contributed by atoms with Crippen LogP contribution in [0.5, 0.6) is 0 Å². The maximum absolute atomic E-state index is 5.50. The van der Waals surface area contributed by atoms with Gasteiger partial charge >= 0.3 is 18.9 Å². The van der Waals surface area contributed by atoms with Crippen LogP contribution in [0.15, 0.2) is 0 Å². The van der Waals surface area contributed by atoms with Gasteiger partial charge in [0.2, 0.25) is 0 Å². The summed E-state index contributed by atoms with van der Waals surface area (Å²) in [5.41, 5.74) is 0.0289. The molecule has 0 aromatic rings. The van der Waals surface area contributed by atoms with Crippen molar-refractivity contribution in [2.75, 3.05) is 6.61 Å². The fourth-order valence-corrected chi connectivity index (χ4v) is 0.657. The molecule has 0 aliphatic heterocycles. The maximum Gasteiger partial charge on any atom is 1.00 e. The maximum atomic E-state index is 5.50. The third-order valence-electron chi connectivity index (χ3n) is 1.18. The largest absolute Gasteiger partial charge is 1.00 e. The monoisotopic (exact) mass is 150 g/mol. The number of ether oxygens (including phenoxy) is 1. The van der Waals surface area contributed by atoms with E-state index >= 15 is 0 Å². The van der Waals surface area contributed by atoms with E-state index < -0.39 is 0 Å². The van der Waals surface area contributed by atoms with Gasteiger partial charge in [0, 0.05) is 6.61 Å².